The molecule has 1 aliphatic rings. The second-order valence-electron chi connectivity index (χ2n) is 8.91. The van der Waals surface area contributed by atoms with Gasteiger partial charge in [-0.05, 0) is 67.5 Å². The van der Waals surface area contributed by atoms with Crippen LogP contribution in [0.5, 0.6) is 0 Å². The van der Waals surface area contributed by atoms with Crippen molar-refractivity contribution in [2.24, 2.45) is 0 Å². The second-order valence-corrected chi connectivity index (χ2v) is 8.91. The molecule has 1 aromatic heterocycles. The number of fused-ring (bicyclic) bond motifs is 1. The van der Waals surface area contributed by atoms with Crippen molar-refractivity contribution in [1.29, 1.82) is 0 Å². The number of aromatic nitrogens is 1. The van der Waals surface area contributed by atoms with E-state index in [1.54, 1.807) is 6.07 Å². The zero-order valence-electron chi connectivity index (χ0n) is 19.0. The lowest BCUT2D eigenvalue weighted by Gasteiger charge is -2.34. The lowest BCUT2D eigenvalue weighted by Crippen LogP contribution is -2.40. The maximum absolute atomic E-state index is 13.1. The number of rotatable bonds is 8. The lowest BCUT2D eigenvalue weighted by atomic mass is 10.0. The van der Waals surface area contributed by atoms with Crippen molar-refractivity contribution in [3.8, 4) is 0 Å². The molecule has 0 aliphatic carbocycles. The molecule has 7 heteroatoms. The maximum Gasteiger partial charge on any atom is 0.251 e. The average Bonchev–Trinajstić information content (AvgIpc) is 3.17. The number of likely N-dealkylation sites (tertiary alicyclic amines) is 1. The molecule has 0 atom stereocenters. The van der Waals surface area contributed by atoms with Gasteiger partial charge >= 0.3 is 0 Å². The van der Waals surface area contributed by atoms with Crippen LogP contribution in [-0.4, -0.2) is 64.5 Å². The third-order valence-corrected chi connectivity index (χ3v) is 6.62. The minimum Gasteiger partial charge on any atom is -0.394 e. The molecular formula is C26H32FN3O3. The number of carbonyl (C=O) groups excluding carboxylic acids is 1. The molecule has 2 heterocycles. The van der Waals surface area contributed by atoms with Gasteiger partial charge in [0.2, 0.25) is 0 Å². The van der Waals surface area contributed by atoms with Crippen LogP contribution in [0, 0.1) is 12.7 Å². The van der Waals surface area contributed by atoms with Gasteiger partial charge in [0.1, 0.15) is 5.82 Å². The van der Waals surface area contributed by atoms with Crippen LogP contribution < -0.4 is 5.32 Å². The highest BCUT2D eigenvalue weighted by molar-refractivity contribution is 5.98. The molecule has 0 unspecified atom stereocenters. The Hall–Kier alpha value is -2.74. The van der Waals surface area contributed by atoms with Gasteiger partial charge in [-0.15, -0.1) is 0 Å². The highest BCUT2D eigenvalue weighted by Gasteiger charge is 2.23. The molecule has 0 bridgehead atoms. The summed E-state index contributed by atoms with van der Waals surface area (Å²) < 4.78 is 15.5. The summed E-state index contributed by atoms with van der Waals surface area (Å²) in [5.41, 5.74) is 3.89. The van der Waals surface area contributed by atoms with Gasteiger partial charge in [-0.25, -0.2) is 4.39 Å². The molecule has 2 aromatic carbocycles. The molecule has 33 heavy (non-hydrogen) atoms. The zero-order chi connectivity index (χ0) is 23.4. The number of hydrogen-bond donors (Lipinski definition) is 3. The Bertz CT molecular complexity index is 1080. The first kappa shape index (κ1) is 23.4. The number of halogens is 1. The number of aliphatic hydroxyl groups is 2. The van der Waals surface area contributed by atoms with Crippen LogP contribution in [0.2, 0.25) is 0 Å². The van der Waals surface area contributed by atoms with Gasteiger partial charge in [0.15, 0.2) is 0 Å². The highest BCUT2D eigenvalue weighted by Crippen LogP contribution is 2.31. The molecule has 6 nitrogen and oxygen atoms in total. The summed E-state index contributed by atoms with van der Waals surface area (Å²) in [6.07, 6.45) is 2.97. The summed E-state index contributed by atoms with van der Waals surface area (Å²) in [4.78, 5) is 15.1. The van der Waals surface area contributed by atoms with E-state index in [2.05, 4.69) is 27.8 Å². The SMILES string of the molecule is Cc1cc2ccc(C(=O)NC(CO)CO)cc2n1C1CCN(CCc2ccc(F)cc2)CC1. The predicted molar refractivity (Wildman–Crippen MR) is 127 cm³/mol. The largest absolute Gasteiger partial charge is 0.394 e. The first-order valence-corrected chi connectivity index (χ1v) is 11.6. The van der Waals surface area contributed by atoms with Crippen molar-refractivity contribution in [3.63, 3.8) is 0 Å². The standard InChI is InChI=1S/C26H32FN3O3/c1-18-14-20-4-5-21(26(33)28-23(16-31)17-32)15-25(20)30(18)24-9-12-29(13-10-24)11-8-19-2-6-22(27)7-3-19/h2-7,14-15,23-24,31-32H,8-13,16-17H2,1H3,(H,28,33). The second kappa shape index (κ2) is 10.5. The fourth-order valence-corrected chi connectivity index (χ4v) is 4.74. The van der Waals surface area contributed by atoms with Crippen molar-refractivity contribution in [1.82, 2.24) is 14.8 Å². The summed E-state index contributed by atoms with van der Waals surface area (Å²) in [7, 11) is 0. The third kappa shape index (κ3) is 5.43. The molecule has 0 saturated carbocycles. The van der Waals surface area contributed by atoms with E-state index in [1.165, 1.54) is 17.8 Å². The minimum absolute atomic E-state index is 0.198. The highest BCUT2D eigenvalue weighted by atomic mass is 19.1. The Morgan fingerprint density at radius 2 is 1.79 bits per heavy atom. The minimum atomic E-state index is -0.666. The van der Waals surface area contributed by atoms with E-state index in [9.17, 15) is 19.4 Å². The summed E-state index contributed by atoms with van der Waals surface area (Å²) in [6, 6.07) is 14.2. The van der Waals surface area contributed by atoms with Gasteiger partial charge in [-0.1, -0.05) is 18.2 Å². The molecule has 4 rings (SSSR count). The molecular weight excluding hydrogens is 421 g/mol. The first-order chi connectivity index (χ1) is 16.0. The average molecular weight is 454 g/mol. The molecule has 1 fully saturated rings. The zero-order valence-corrected chi connectivity index (χ0v) is 19.0. The molecule has 1 saturated heterocycles. The fraction of sp³-hybridized carbons (Fsp3) is 0.423. The number of nitrogens with zero attached hydrogens (tertiary/aromatic N) is 2. The molecule has 0 radical (unpaired) electrons. The van der Waals surface area contributed by atoms with Crippen LogP contribution in [0.15, 0.2) is 48.5 Å². The Morgan fingerprint density at radius 1 is 1.09 bits per heavy atom. The number of nitrogens with one attached hydrogen (secondary N) is 1. The van der Waals surface area contributed by atoms with Crippen LogP contribution in [0.1, 0.15) is 40.5 Å². The Morgan fingerprint density at radius 3 is 2.45 bits per heavy atom. The van der Waals surface area contributed by atoms with Crippen molar-refractivity contribution < 1.29 is 19.4 Å². The van der Waals surface area contributed by atoms with Gasteiger partial charge in [-0.3, -0.25) is 4.79 Å². The van der Waals surface area contributed by atoms with Gasteiger partial charge in [-0.2, -0.15) is 0 Å². The molecule has 3 aromatic rings. The van der Waals surface area contributed by atoms with E-state index in [4.69, 9.17) is 0 Å². The number of piperidine rings is 1. The maximum atomic E-state index is 13.1. The number of benzene rings is 2. The molecule has 176 valence electrons. The number of aryl methyl sites for hydroxylation is 1. The molecule has 3 N–H and O–H groups in total. The summed E-state index contributed by atoms with van der Waals surface area (Å²) in [6.45, 7) is 4.46. The van der Waals surface area contributed by atoms with Crippen LogP contribution >= 0.6 is 0 Å². The van der Waals surface area contributed by atoms with E-state index >= 15 is 0 Å². The van der Waals surface area contributed by atoms with E-state index in [0.717, 1.165) is 55.4 Å². The lowest BCUT2D eigenvalue weighted by molar-refractivity contribution is 0.0879. The Kier molecular flexibility index (Phi) is 7.42. The Balaban J connectivity index is 1.43. The number of amides is 1. The van der Waals surface area contributed by atoms with Gasteiger partial charge in [0.05, 0.1) is 19.3 Å². The summed E-state index contributed by atoms with van der Waals surface area (Å²) in [5, 5.41) is 22.3. The van der Waals surface area contributed by atoms with Gasteiger partial charge < -0.3 is 25.0 Å². The quantitative estimate of drug-likeness (QED) is 0.490. The fourth-order valence-electron chi connectivity index (χ4n) is 4.74. The Labute approximate surface area is 193 Å². The van der Waals surface area contributed by atoms with Gasteiger partial charge in [0.25, 0.3) is 5.91 Å². The van der Waals surface area contributed by atoms with Crippen molar-refractivity contribution in [2.75, 3.05) is 32.8 Å². The number of carbonyl (C=O) groups is 1. The summed E-state index contributed by atoms with van der Waals surface area (Å²) in [5.74, 6) is -0.498. The topological polar surface area (TPSA) is 77.7 Å². The molecule has 0 spiro atoms. The normalized spacial score (nSPS) is 15.4. The monoisotopic (exact) mass is 453 g/mol. The van der Waals surface area contributed by atoms with Gasteiger partial charge in [0, 0.05) is 42.5 Å². The van der Waals surface area contributed by atoms with Crippen LogP contribution in [0.4, 0.5) is 4.39 Å². The summed E-state index contributed by atoms with van der Waals surface area (Å²) >= 11 is 0. The number of aliphatic hydroxyl groups excluding tert-OH is 2. The van der Waals surface area contributed by atoms with Crippen molar-refractivity contribution >= 4 is 16.8 Å². The van der Waals surface area contributed by atoms with Crippen LogP contribution in [-0.2, 0) is 6.42 Å². The van der Waals surface area contributed by atoms with Crippen molar-refractivity contribution in [3.05, 3.63) is 71.2 Å². The molecule has 1 aliphatic heterocycles. The number of hydrogen-bond acceptors (Lipinski definition) is 4. The van der Waals surface area contributed by atoms with E-state index in [0.29, 0.717) is 11.6 Å². The van der Waals surface area contributed by atoms with E-state index in [1.807, 2.05) is 24.3 Å². The first-order valence-electron chi connectivity index (χ1n) is 11.6. The van der Waals surface area contributed by atoms with Crippen molar-refractivity contribution in [2.45, 2.75) is 38.3 Å². The van der Waals surface area contributed by atoms with E-state index in [-0.39, 0.29) is 24.9 Å². The van der Waals surface area contributed by atoms with Crippen LogP contribution in [0.3, 0.4) is 0 Å². The third-order valence-electron chi connectivity index (χ3n) is 6.62. The molecule has 1 amide bonds. The predicted octanol–water partition coefficient (Wildman–Crippen LogP) is 3.05. The van der Waals surface area contributed by atoms with E-state index < -0.39 is 6.04 Å². The van der Waals surface area contributed by atoms with Crippen LogP contribution in [0.25, 0.3) is 10.9 Å². The smallest absolute Gasteiger partial charge is 0.251 e.